The molecule has 1 saturated carbocycles. The molecular weight excluding hydrogens is 216 g/mol. The quantitative estimate of drug-likeness (QED) is 0.734. The Kier molecular flexibility index (Phi) is 3.85. The van der Waals surface area contributed by atoms with Gasteiger partial charge in [-0.15, -0.1) is 0 Å². The fraction of sp³-hybridized carbons (Fsp3) is 0.462. The van der Waals surface area contributed by atoms with Gasteiger partial charge in [0.25, 0.3) is 5.91 Å². The summed E-state index contributed by atoms with van der Waals surface area (Å²) in [5, 5.41) is 2.84. The zero-order valence-electron chi connectivity index (χ0n) is 9.82. The lowest BCUT2D eigenvalue weighted by Crippen LogP contribution is -2.30. The summed E-state index contributed by atoms with van der Waals surface area (Å²) in [6.07, 6.45) is 3.71. The van der Waals surface area contributed by atoms with Crippen molar-refractivity contribution in [3.63, 3.8) is 0 Å². The van der Waals surface area contributed by atoms with Crippen molar-refractivity contribution >= 4 is 11.6 Å². The van der Waals surface area contributed by atoms with E-state index in [1.807, 2.05) is 12.1 Å². The highest BCUT2D eigenvalue weighted by molar-refractivity contribution is 5.77. The third-order valence-corrected chi connectivity index (χ3v) is 2.85. The van der Waals surface area contributed by atoms with E-state index in [0.29, 0.717) is 11.4 Å². The predicted molar refractivity (Wildman–Crippen MR) is 66.7 cm³/mol. The zero-order valence-corrected chi connectivity index (χ0v) is 9.82. The summed E-state index contributed by atoms with van der Waals surface area (Å²) in [5.41, 5.74) is 6.25. The molecule has 0 spiro atoms. The molecule has 1 aliphatic carbocycles. The van der Waals surface area contributed by atoms with Gasteiger partial charge in [-0.25, -0.2) is 0 Å². The Morgan fingerprint density at radius 1 is 1.41 bits per heavy atom. The van der Waals surface area contributed by atoms with Gasteiger partial charge in [-0.1, -0.05) is 25.0 Å². The molecule has 0 atom stereocenters. The molecule has 1 aromatic carbocycles. The molecule has 3 N–H and O–H groups in total. The number of hydrogen-bond acceptors (Lipinski definition) is 3. The number of hydrogen-bond donors (Lipinski definition) is 2. The van der Waals surface area contributed by atoms with Gasteiger partial charge in [-0.3, -0.25) is 4.79 Å². The Bertz CT molecular complexity index is 389. The van der Waals surface area contributed by atoms with Gasteiger partial charge in [0.15, 0.2) is 6.61 Å². The highest BCUT2D eigenvalue weighted by Gasteiger charge is 2.20. The maximum absolute atomic E-state index is 11.5. The molecule has 1 fully saturated rings. The molecule has 92 valence electrons. The number of ether oxygens (including phenoxy) is 1. The van der Waals surface area contributed by atoms with Crippen molar-refractivity contribution in [1.29, 1.82) is 0 Å². The van der Waals surface area contributed by atoms with E-state index in [1.165, 1.54) is 12.8 Å². The Labute approximate surface area is 101 Å². The van der Waals surface area contributed by atoms with Crippen molar-refractivity contribution in [1.82, 2.24) is 5.32 Å². The van der Waals surface area contributed by atoms with Crippen LogP contribution in [0.4, 0.5) is 5.69 Å². The van der Waals surface area contributed by atoms with Gasteiger partial charge in [0.1, 0.15) is 5.75 Å². The fourth-order valence-corrected chi connectivity index (χ4v) is 1.63. The van der Waals surface area contributed by atoms with Crippen LogP contribution in [0.2, 0.25) is 0 Å². The minimum absolute atomic E-state index is 0.0267. The predicted octanol–water partition coefficient (Wildman–Crippen LogP) is 1.56. The first kappa shape index (κ1) is 11.8. The van der Waals surface area contributed by atoms with Gasteiger partial charge in [-0.2, -0.15) is 0 Å². The number of benzene rings is 1. The van der Waals surface area contributed by atoms with Crippen molar-refractivity contribution in [2.45, 2.75) is 19.3 Å². The number of nitrogen functional groups attached to an aromatic ring is 1. The fourth-order valence-electron chi connectivity index (χ4n) is 1.63. The van der Waals surface area contributed by atoms with Gasteiger partial charge in [0.05, 0.1) is 5.69 Å². The van der Waals surface area contributed by atoms with Crippen LogP contribution < -0.4 is 15.8 Å². The normalized spacial score (nSPS) is 14.4. The van der Waals surface area contributed by atoms with Crippen LogP contribution in [-0.2, 0) is 4.79 Å². The van der Waals surface area contributed by atoms with Crippen LogP contribution in [-0.4, -0.2) is 19.1 Å². The SMILES string of the molecule is Nc1ccccc1OCC(=O)NCCC1CC1. The van der Waals surface area contributed by atoms with Crippen molar-refractivity contribution in [2.75, 3.05) is 18.9 Å². The van der Waals surface area contributed by atoms with E-state index in [1.54, 1.807) is 12.1 Å². The molecule has 0 heterocycles. The summed E-state index contributed by atoms with van der Waals surface area (Å²) < 4.78 is 5.33. The standard InChI is InChI=1S/C13H18N2O2/c14-11-3-1-2-4-12(11)17-9-13(16)15-8-7-10-5-6-10/h1-4,10H,5-9,14H2,(H,15,16). The molecule has 0 unspecified atom stereocenters. The minimum atomic E-state index is -0.0890. The smallest absolute Gasteiger partial charge is 0.257 e. The van der Waals surface area contributed by atoms with E-state index in [9.17, 15) is 4.79 Å². The number of nitrogens with one attached hydrogen (secondary N) is 1. The lowest BCUT2D eigenvalue weighted by molar-refractivity contribution is -0.123. The monoisotopic (exact) mass is 234 g/mol. The second-order valence-corrected chi connectivity index (χ2v) is 4.41. The average molecular weight is 234 g/mol. The third kappa shape index (κ3) is 3.98. The molecule has 2 rings (SSSR count). The Hall–Kier alpha value is -1.71. The topological polar surface area (TPSA) is 64.3 Å². The first-order chi connectivity index (χ1) is 8.25. The molecule has 1 aliphatic rings. The van der Waals surface area contributed by atoms with Gasteiger partial charge >= 0.3 is 0 Å². The van der Waals surface area contributed by atoms with Crippen LogP contribution >= 0.6 is 0 Å². The number of anilines is 1. The molecule has 0 saturated heterocycles. The number of nitrogens with two attached hydrogens (primary N) is 1. The van der Waals surface area contributed by atoms with Crippen LogP contribution in [0.5, 0.6) is 5.75 Å². The summed E-state index contributed by atoms with van der Waals surface area (Å²) in [6, 6.07) is 7.17. The van der Waals surface area contributed by atoms with Gasteiger partial charge in [0, 0.05) is 6.54 Å². The van der Waals surface area contributed by atoms with Crippen molar-refractivity contribution in [3.05, 3.63) is 24.3 Å². The highest BCUT2D eigenvalue weighted by Crippen LogP contribution is 2.31. The molecule has 1 amide bonds. The van der Waals surface area contributed by atoms with Crippen LogP contribution in [0.3, 0.4) is 0 Å². The van der Waals surface area contributed by atoms with E-state index < -0.39 is 0 Å². The van der Waals surface area contributed by atoms with Crippen LogP contribution in [0, 0.1) is 5.92 Å². The molecule has 4 heteroatoms. The number of carbonyl (C=O) groups excluding carboxylic acids is 1. The molecule has 1 aromatic rings. The zero-order chi connectivity index (χ0) is 12.1. The summed E-state index contributed by atoms with van der Waals surface area (Å²) in [6.45, 7) is 0.774. The Morgan fingerprint density at radius 3 is 2.88 bits per heavy atom. The second kappa shape index (κ2) is 5.57. The first-order valence-electron chi connectivity index (χ1n) is 5.99. The number of rotatable bonds is 6. The van der Waals surface area contributed by atoms with E-state index in [-0.39, 0.29) is 12.5 Å². The molecule has 17 heavy (non-hydrogen) atoms. The van der Waals surface area contributed by atoms with Crippen molar-refractivity contribution in [2.24, 2.45) is 5.92 Å². The van der Waals surface area contributed by atoms with Gasteiger partial charge in [0.2, 0.25) is 0 Å². The summed E-state index contributed by atoms with van der Waals surface area (Å²) in [7, 11) is 0. The largest absolute Gasteiger partial charge is 0.482 e. The minimum Gasteiger partial charge on any atom is -0.482 e. The first-order valence-corrected chi connectivity index (χ1v) is 5.99. The molecule has 4 nitrogen and oxygen atoms in total. The summed E-state index contributed by atoms with van der Waals surface area (Å²) >= 11 is 0. The summed E-state index contributed by atoms with van der Waals surface area (Å²) in [5.74, 6) is 1.31. The number of para-hydroxylation sites is 2. The molecular formula is C13H18N2O2. The number of carbonyl (C=O) groups is 1. The van der Waals surface area contributed by atoms with Crippen molar-refractivity contribution < 1.29 is 9.53 Å². The highest BCUT2D eigenvalue weighted by atomic mass is 16.5. The maximum atomic E-state index is 11.5. The van der Waals surface area contributed by atoms with Crippen LogP contribution in [0.15, 0.2) is 24.3 Å². The molecule has 0 bridgehead atoms. The Balaban J connectivity index is 1.66. The average Bonchev–Trinajstić information content (AvgIpc) is 3.12. The second-order valence-electron chi connectivity index (χ2n) is 4.41. The number of amides is 1. The lowest BCUT2D eigenvalue weighted by atomic mass is 10.3. The van der Waals surface area contributed by atoms with Crippen LogP contribution in [0.25, 0.3) is 0 Å². The van der Waals surface area contributed by atoms with Crippen molar-refractivity contribution in [3.8, 4) is 5.75 Å². The molecule has 0 aromatic heterocycles. The Morgan fingerprint density at radius 2 is 2.18 bits per heavy atom. The molecule has 0 radical (unpaired) electrons. The summed E-state index contributed by atoms with van der Waals surface area (Å²) in [4.78, 5) is 11.5. The van der Waals surface area contributed by atoms with E-state index in [0.717, 1.165) is 18.9 Å². The van der Waals surface area contributed by atoms with E-state index in [2.05, 4.69) is 5.32 Å². The van der Waals surface area contributed by atoms with E-state index >= 15 is 0 Å². The van der Waals surface area contributed by atoms with E-state index in [4.69, 9.17) is 10.5 Å². The van der Waals surface area contributed by atoms with Crippen LogP contribution in [0.1, 0.15) is 19.3 Å². The van der Waals surface area contributed by atoms with Gasteiger partial charge < -0.3 is 15.8 Å². The molecule has 0 aliphatic heterocycles. The third-order valence-electron chi connectivity index (χ3n) is 2.85. The lowest BCUT2D eigenvalue weighted by Gasteiger charge is -2.08. The van der Waals surface area contributed by atoms with Gasteiger partial charge in [-0.05, 0) is 24.5 Å². The maximum Gasteiger partial charge on any atom is 0.257 e.